The van der Waals surface area contributed by atoms with Crippen LogP contribution in [0.2, 0.25) is 0 Å². The monoisotopic (exact) mass is 489 g/mol. The summed E-state index contributed by atoms with van der Waals surface area (Å²) in [4.78, 5) is 2.33. The maximum absolute atomic E-state index is 2.44. The lowest BCUT2D eigenvalue weighted by molar-refractivity contribution is 0.327. The Morgan fingerprint density at radius 3 is 1.79 bits per heavy atom. The number of nitrogens with zero attached hydrogens (tertiary/aromatic N) is 1. The van der Waals surface area contributed by atoms with E-state index in [4.69, 9.17) is 0 Å². The summed E-state index contributed by atoms with van der Waals surface area (Å²) in [5.41, 5.74) is 12.5. The molecule has 0 heterocycles. The minimum atomic E-state index is 0.224. The Labute approximate surface area is 225 Å². The first kappa shape index (κ1) is 21.9. The largest absolute Gasteiger partial charge is 0.311 e. The van der Waals surface area contributed by atoms with Crippen LogP contribution in [0.5, 0.6) is 0 Å². The number of fused-ring (bicyclic) bond motifs is 8. The van der Waals surface area contributed by atoms with Gasteiger partial charge in [-0.25, -0.2) is 0 Å². The zero-order chi connectivity index (χ0) is 25.1. The second-order valence-corrected chi connectivity index (χ2v) is 11.4. The molecule has 0 radical (unpaired) electrons. The molecule has 0 amide bonds. The third kappa shape index (κ3) is 3.11. The predicted octanol–water partition coefficient (Wildman–Crippen LogP) is 9.91. The van der Waals surface area contributed by atoms with Gasteiger partial charge in [0.25, 0.3) is 0 Å². The van der Waals surface area contributed by atoms with E-state index in [1.807, 2.05) is 0 Å². The van der Waals surface area contributed by atoms with E-state index in [2.05, 4.69) is 132 Å². The molecule has 0 saturated heterocycles. The zero-order valence-corrected chi connectivity index (χ0v) is 21.6. The third-order valence-electron chi connectivity index (χ3n) is 9.54. The van der Waals surface area contributed by atoms with Gasteiger partial charge < -0.3 is 4.90 Å². The van der Waals surface area contributed by atoms with Crippen molar-refractivity contribution in [1.82, 2.24) is 0 Å². The third-order valence-corrected chi connectivity index (χ3v) is 9.54. The molecule has 1 spiro atoms. The van der Waals surface area contributed by atoms with Crippen molar-refractivity contribution in [3.63, 3.8) is 0 Å². The van der Waals surface area contributed by atoms with E-state index in [1.54, 1.807) is 11.1 Å². The lowest BCUT2D eigenvalue weighted by Gasteiger charge is -2.36. The number of hydrogen-bond acceptors (Lipinski definition) is 1. The van der Waals surface area contributed by atoms with Crippen molar-refractivity contribution < 1.29 is 0 Å². The molecular formula is C37H31N. The van der Waals surface area contributed by atoms with Gasteiger partial charge >= 0.3 is 0 Å². The maximum Gasteiger partial charge on any atom is 0.0462 e. The molecule has 2 saturated carbocycles. The van der Waals surface area contributed by atoms with Crippen molar-refractivity contribution in [1.29, 1.82) is 0 Å². The molecule has 38 heavy (non-hydrogen) atoms. The molecule has 184 valence electrons. The standard InChI is InChI=1S/C37H31N/c1-3-10-29(11-4-1)38(30-12-5-2-6-13-30)31-22-19-27(20-23-31)32-15-9-17-35-36(32)33-14-7-8-16-34(33)37(35)25-26-18-21-28(37)24-26/h1-17,19-20,22-23,26,28H,18,21,24-25H2. The topological polar surface area (TPSA) is 3.24 Å². The van der Waals surface area contributed by atoms with Crippen LogP contribution in [0.3, 0.4) is 0 Å². The van der Waals surface area contributed by atoms with E-state index in [9.17, 15) is 0 Å². The second-order valence-electron chi connectivity index (χ2n) is 11.4. The normalized spacial score (nSPS) is 22.4. The van der Waals surface area contributed by atoms with Gasteiger partial charge in [0.05, 0.1) is 0 Å². The van der Waals surface area contributed by atoms with Crippen LogP contribution in [0.15, 0.2) is 127 Å². The van der Waals surface area contributed by atoms with Crippen molar-refractivity contribution in [3.05, 3.63) is 139 Å². The average Bonchev–Trinajstić information content (AvgIpc) is 3.68. The van der Waals surface area contributed by atoms with Gasteiger partial charge in [-0.15, -0.1) is 0 Å². The predicted molar refractivity (Wildman–Crippen MR) is 158 cm³/mol. The fourth-order valence-electron chi connectivity index (χ4n) is 8.07. The molecule has 5 aromatic carbocycles. The highest BCUT2D eigenvalue weighted by Crippen LogP contribution is 2.66. The van der Waals surface area contributed by atoms with Gasteiger partial charge in [0, 0.05) is 22.5 Å². The summed E-state index contributed by atoms with van der Waals surface area (Å²) in [5.74, 6) is 1.68. The fraction of sp³-hybridized carbons (Fsp3) is 0.189. The van der Waals surface area contributed by atoms with Crippen LogP contribution in [0.1, 0.15) is 36.8 Å². The van der Waals surface area contributed by atoms with Gasteiger partial charge in [-0.05, 0) is 101 Å². The maximum atomic E-state index is 2.44. The minimum absolute atomic E-state index is 0.224. The molecule has 3 unspecified atom stereocenters. The van der Waals surface area contributed by atoms with Gasteiger partial charge in [0.15, 0.2) is 0 Å². The summed E-state index contributed by atoms with van der Waals surface area (Å²) in [7, 11) is 0. The number of para-hydroxylation sites is 2. The summed E-state index contributed by atoms with van der Waals surface area (Å²) in [6.07, 6.45) is 5.53. The lowest BCUT2D eigenvalue weighted by Crippen LogP contribution is -2.31. The van der Waals surface area contributed by atoms with Gasteiger partial charge in [-0.1, -0.05) is 97.4 Å². The Balaban J connectivity index is 1.25. The van der Waals surface area contributed by atoms with Crippen molar-refractivity contribution in [2.45, 2.75) is 31.1 Å². The van der Waals surface area contributed by atoms with Crippen LogP contribution in [-0.4, -0.2) is 0 Å². The molecule has 0 N–H and O–H groups in total. The molecule has 3 atom stereocenters. The number of rotatable bonds is 4. The van der Waals surface area contributed by atoms with Crippen LogP contribution in [-0.2, 0) is 5.41 Å². The molecule has 0 aliphatic heterocycles. The Morgan fingerprint density at radius 1 is 0.526 bits per heavy atom. The number of hydrogen-bond donors (Lipinski definition) is 0. The first-order chi connectivity index (χ1) is 18.8. The molecular weight excluding hydrogens is 458 g/mol. The molecule has 1 nitrogen and oxygen atoms in total. The van der Waals surface area contributed by atoms with E-state index >= 15 is 0 Å². The fourth-order valence-corrected chi connectivity index (χ4v) is 8.07. The highest BCUT2D eigenvalue weighted by atomic mass is 15.1. The van der Waals surface area contributed by atoms with Crippen molar-refractivity contribution in [3.8, 4) is 22.3 Å². The first-order valence-corrected chi connectivity index (χ1v) is 14.1. The van der Waals surface area contributed by atoms with Crippen LogP contribution < -0.4 is 4.90 Å². The van der Waals surface area contributed by atoms with Crippen LogP contribution in [0, 0.1) is 11.8 Å². The first-order valence-electron chi connectivity index (χ1n) is 14.1. The van der Waals surface area contributed by atoms with Crippen molar-refractivity contribution in [2.24, 2.45) is 11.8 Å². The number of benzene rings is 5. The van der Waals surface area contributed by atoms with Gasteiger partial charge in [-0.3, -0.25) is 0 Å². The summed E-state index contributed by atoms with van der Waals surface area (Å²) in [6, 6.07) is 46.9. The average molecular weight is 490 g/mol. The van der Waals surface area contributed by atoms with Gasteiger partial charge in [0.2, 0.25) is 0 Å². The highest BCUT2D eigenvalue weighted by molar-refractivity contribution is 5.93. The molecule has 3 aliphatic rings. The molecule has 2 fully saturated rings. The van der Waals surface area contributed by atoms with E-state index in [0.717, 1.165) is 11.8 Å². The molecule has 8 rings (SSSR count). The van der Waals surface area contributed by atoms with Gasteiger partial charge in [-0.2, -0.15) is 0 Å². The van der Waals surface area contributed by atoms with E-state index in [1.165, 1.54) is 65.0 Å². The second kappa shape index (κ2) is 8.46. The lowest BCUT2D eigenvalue weighted by atomic mass is 9.66. The zero-order valence-electron chi connectivity index (χ0n) is 21.6. The number of anilines is 3. The summed E-state index contributed by atoms with van der Waals surface area (Å²) >= 11 is 0. The Hall–Kier alpha value is -4.10. The Kier molecular flexibility index (Phi) is 4.88. The van der Waals surface area contributed by atoms with Crippen molar-refractivity contribution in [2.75, 3.05) is 4.90 Å². The van der Waals surface area contributed by atoms with Gasteiger partial charge in [0.1, 0.15) is 0 Å². The van der Waals surface area contributed by atoms with Crippen LogP contribution in [0.25, 0.3) is 22.3 Å². The van der Waals surface area contributed by atoms with Crippen molar-refractivity contribution >= 4 is 17.1 Å². The summed E-state index contributed by atoms with van der Waals surface area (Å²) in [5, 5.41) is 0. The molecule has 3 aliphatic carbocycles. The molecule has 0 aromatic heterocycles. The van der Waals surface area contributed by atoms with Crippen LogP contribution in [0.4, 0.5) is 17.1 Å². The minimum Gasteiger partial charge on any atom is -0.311 e. The summed E-state index contributed by atoms with van der Waals surface area (Å²) < 4.78 is 0. The smallest absolute Gasteiger partial charge is 0.0462 e. The summed E-state index contributed by atoms with van der Waals surface area (Å²) in [6.45, 7) is 0. The highest BCUT2D eigenvalue weighted by Gasteiger charge is 2.56. The molecule has 1 heteroatoms. The van der Waals surface area contributed by atoms with Crippen LogP contribution >= 0.6 is 0 Å². The van der Waals surface area contributed by atoms with E-state index in [0.29, 0.717) is 0 Å². The van der Waals surface area contributed by atoms with E-state index < -0.39 is 0 Å². The Bertz CT molecular complexity index is 1580. The van der Waals surface area contributed by atoms with E-state index in [-0.39, 0.29) is 5.41 Å². The Morgan fingerprint density at radius 2 is 1.13 bits per heavy atom. The molecule has 2 bridgehead atoms. The molecule has 5 aromatic rings. The quantitative estimate of drug-likeness (QED) is 0.243. The SMILES string of the molecule is c1ccc(N(c2ccccc2)c2ccc(-c3cccc4c3-c3ccccc3C43CC4CCC3C4)cc2)cc1.